The Morgan fingerprint density at radius 2 is 0.806 bits per heavy atom. The van der Waals surface area contributed by atoms with E-state index < -0.39 is 5.97 Å². The molecule has 3 heteroatoms. The van der Waals surface area contributed by atoms with Gasteiger partial charge in [-0.3, -0.25) is 4.79 Å². The zero-order valence-electron chi connectivity index (χ0n) is 22.1. The largest absolute Gasteiger partial charge is 0.481 e. The van der Waals surface area contributed by atoms with Gasteiger partial charge in [-0.25, -0.2) is 0 Å². The first-order valence-corrected chi connectivity index (χ1v) is 13.9. The lowest BCUT2D eigenvalue weighted by Gasteiger charge is -2.08. The van der Waals surface area contributed by atoms with E-state index in [1.165, 1.54) is 129 Å². The highest BCUT2D eigenvalue weighted by Gasteiger charge is 1.97. The highest BCUT2D eigenvalue weighted by atomic mass is 16.4. The summed E-state index contributed by atoms with van der Waals surface area (Å²) in [5.74, 6) is -0.653. The molecule has 0 heterocycles. The lowest BCUT2D eigenvalue weighted by atomic mass is 10.0. The molecule has 0 radical (unpaired) electrons. The standard InChI is InChI=1S/C18H36O2.C10H23N/c1-2-3-4-5-6-7-8-9-10-11-12-13-14-15-16-17-18(19)20;1-4-5-6-7-8-9-10-11(2)3/h2-17H2,1H3,(H,19,20);4-10H2,1-3H3. The molecule has 0 bridgehead atoms. The summed E-state index contributed by atoms with van der Waals surface area (Å²) in [4.78, 5) is 12.6. The number of carbonyl (C=O) groups is 1. The lowest BCUT2D eigenvalue weighted by Crippen LogP contribution is -2.12. The van der Waals surface area contributed by atoms with Gasteiger partial charge in [0.05, 0.1) is 0 Å². The number of unbranched alkanes of at least 4 members (excludes halogenated alkanes) is 19. The molecular formula is C28H59NO2. The summed E-state index contributed by atoms with van der Waals surface area (Å²) < 4.78 is 0. The maximum Gasteiger partial charge on any atom is 0.303 e. The number of hydrogen-bond acceptors (Lipinski definition) is 2. The Morgan fingerprint density at radius 3 is 1.10 bits per heavy atom. The summed E-state index contributed by atoms with van der Waals surface area (Å²) in [6, 6.07) is 0. The molecule has 0 amide bonds. The normalized spacial score (nSPS) is 10.9. The zero-order valence-corrected chi connectivity index (χ0v) is 22.1. The van der Waals surface area contributed by atoms with Crippen LogP contribution in [0.25, 0.3) is 0 Å². The minimum atomic E-state index is -0.653. The second-order valence-corrected chi connectivity index (χ2v) is 9.66. The topological polar surface area (TPSA) is 40.5 Å². The third kappa shape index (κ3) is 37.1. The van der Waals surface area contributed by atoms with Gasteiger partial charge >= 0.3 is 5.97 Å². The van der Waals surface area contributed by atoms with Gasteiger partial charge in [-0.15, -0.1) is 0 Å². The van der Waals surface area contributed by atoms with Gasteiger partial charge in [0.15, 0.2) is 0 Å². The SMILES string of the molecule is CCCCCCCCCCCCCCCCCC(=O)O.CCCCCCCCN(C)C. The van der Waals surface area contributed by atoms with Gasteiger partial charge in [0.2, 0.25) is 0 Å². The Bertz CT molecular complexity index is 331. The summed E-state index contributed by atoms with van der Waals surface area (Å²) in [5.41, 5.74) is 0. The van der Waals surface area contributed by atoms with Crippen LogP contribution in [-0.2, 0) is 4.79 Å². The molecule has 0 saturated heterocycles. The molecule has 0 aromatic carbocycles. The molecule has 0 aliphatic rings. The van der Waals surface area contributed by atoms with Crippen molar-refractivity contribution in [3.8, 4) is 0 Å². The molecule has 0 aliphatic carbocycles. The van der Waals surface area contributed by atoms with E-state index >= 15 is 0 Å². The van der Waals surface area contributed by atoms with Crippen molar-refractivity contribution in [2.24, 2.45) is 0 Å². The first-order valence-electron chi connectivity index (χ1n) is 13.9. The van der Waals surface area contributed by atoms with E-state index in [-0.39, 0.29) is 0 Å². The van der Waals surface area contributed by atoms with E-state index in [0.29, 0.717) is 6.42 Å². The van der Waals surface area contributed by atoms with Crippen molar-refractivity contribution in [3.63, 3.8) is 0 Å². The third-order valence-electron chi connectivity index (χ3n) is 5.95. The molecule has 3 nitrogen and oxygen atoms in total. The Labute approximate surface area is 196 Å². The second-order valence-electron chi connectivity index (χ2n) is 9.66. The van der Waals surface area contributed by atoms with Gasteiger partial charge in [0.1, 0.15) is 0 Å². The van der Waals surface area contributed by atoms with Gasteiger partial charge in [-0.2, -0.15) is 0 Å². The highest BCUT2D eigenvalue weighted by molar-refractivity contribution is 5.66. The molecule has 0 aromatic rings. The van der Waals surface area contributed by atoms with E-state index in [1.807, 2.05) is 0 Å². The molecular weight excluding hydrogens is 382 g/mol. The predicted molar refractivity (Wildman–Crippen MR) is 139 cm³/mol. The molecule has 188 valence electrons. The van der Waals surface area contributed by atoms with Crippen LogP contribution in [0.2, 0.25) is 0 Å². The number of nitrogens with zero attached hydrogens (tertiary/aromatic N) is 1. The van der Waals surface area contributed by atoms with E-state index in [0.717, 1.165) is 12.8 Å². The number of rotatable bonds is 23. The Kier molecular flexibility index (Phi) is 31.0. The number of hydrogen-bond donors (Lipinski definition) is 1. The van der Waals surface area contributed by atoms with Crippen molar-refractivity contribution < 1.29 is 9.90 Å². The summed E-state index contributed by atoms with van der Waals surface area (Å²) in [6.07, 6.45) is 28.6. The first-order chi connectivity index (χ1) is 15.0. The van der Waals surface area contributed by atoms with Crippen molar-refractivity contribution in [2.45, 2.75) is 155 Å². The van der Waals surface area contributed by atoms with Gasteiger partial charge in [-0.1, -0.05) is 136 Å². The van der Waals surface area contributed by atoms with E-state index in [9.17, 15) is 4.79 Å². The van der Waals surface area contributed by atoms with Crippen molar-refractivity contribution >= 4 is 5.97 Å². The summed E-state index contributed by atoms with van der Waals surface area (Å²) in [6.45, 7) is 5.79. The highest BCUT2D eigenvalue weighted by Crippen LogP contribution is 2.13. The van der Waals surface area contributed by atoms with Crippen LogP contribution in [0.1, 0.15) is 155 Å². The van der Waals surface area contributed by atoms with Gasteiger partial charge in [-0.05, 0) is 33.5 Å². The number of carboxylic acid groups (broad SMARTS) is 1. The molecule has 0 saturated carbocycles. The van der Waals surface area contributed by atoms with Crippen LogP contribution >= 0.6 is 0 Å². The molecule has 0 atom stereocenters. The fourth-order valence-electron chi connectivity index (χ4n) is 3.86. The quantitative estimate of drug-likeness (QED) is 0.161. The first kappa shape index (κ1) is 32.6. The predicted octanol–water partition coefficient (Wildman–Crippen LogP) is 9.24. The average molecular weight is 442 g/mol. The number of carboxylic acids is 1. The fourth-order valence-corrected chi connectivity index (χ4v) is 3.86. The van der Waals surface area contributed by atoms with Crippen LogP contribution in [0.15, 0.2) is 0 Å². The van der Waals surface area contributed by atoms with Crippen molar-refractivity contribution in [2.75, 3.05) is 20.6 Å². The summed E-state index contributed by atoms with van der Waals surface area (Å²) in [5, 5.41) is 8.52. The molecule has 0 aromatic heterocycles. The maximum absolute atomic E-state index is 10.3. The second kappa shape index (κ2) is 29.4. The Morgan fingerprint density at radius 1 is 0.516 bits per heavy atom. The van der Waals surface area contributed by atoms with Gasteiger partial charge < -0.3 is 10.0 Å². The summed E-state index contributed by atoms with van der Waals surface area (Å²) >= 11 is 0. The molecule has 0 spiro atoms. The monoisotopic (exact) mass is 441 g/mol. The zero-order chi connectivity index (χ0) is 23.4. The molecule has 0 rings (SSSR count). The van der Waals surface area contributed by atoms with Crippen molar-refractivity contribution in [1.29, 1.82) is 0 Å². The van der Waals surface area contributed by atoms with E-state index in [2.05, 4.69) is 32.8 Å². The lowest BCUT2D eigenvalue weighted by molar-refractivity contribution is -0.137. The molecule has 1 N–H and O–H groups in total. The van der Waals surface area contributed by atoms with Crippen LogP contribution in [0.5, 0.6) is 0 Å². The van der Waals surface area contributed by atoms with Crippen molar-refractivity contribution in [3.05, 3.63) is 0 Å². The van der Waals surface area contributed by atoms with Crippen LogP contribution < -0.4 is 0 Å². The van der Waals surface area contributed by atoms with Gasteiger partial charge in [0.25, 0.3) is 0 Å². The number of aliphatic carboxylic acids is 1. The maximum atomic E-state index is 10.3. The van der Waals surface area contributed by atoms with Gasteiger partial charge in [0, 0.05) is 6.42 Å². The molecule has 0 fully saturated rings. The van der Waals surface area contributed by atoms with Crippen LogP contribution in [0, 0.1) is 0 Å². The smallest absolute Gasteiger partial charge is 0.303 e. The fraction of sp³-hybridized carbons (Fsp3) is 0.964. The third-order valence-corrected chi connectivity index (χ3v) is 5.95. The summed E-state index contributed by atoms with van der Waals surface area (Å²) in [7, 11) is 4.29. The van der Waals surface area contributed by atoms with Crippen LogP contribution in [0.3, 0.4) is 0 Å². The minimum absolute atomic E-state index is 0.345. The molecule has 0 aliphatic heterocycles. The van der Waals surface area contributed by atoms with Crippen LogP contribution in [-0.4, -0.2) is 36.6 Å². The molecule has 31 heavy (non-hydrogen) atoms. The van der Waals surface area contributed by atoms with E-state index in [4.69, 9.17) is 5.11 Å². The minimum Gasteiger partial charge on any atom is -0.481 e. The Hall–Kier alpha value is -0.570. The molecule has 0 unspecified atom stereocenters. The average Bonchev–Trinajstić information content (AvgIpc) is 2.73. The van der Waals surface area contributed by atoms with E-state index in [1.54, 1.807) is 0 Å². The van der Waals surface area contributed by atoms with Crippen LogP contribution in [0.4, 0.5) is 0 Å². The Balaban J connectivity index is 0. The van der Waals surface area contributed by atoms with Crippen molar-refractivity contribution in [1.82, 2.24) is 4.90 Å².